The molecule has 0 aromatic heterocycles. The summed E-state index contributed by atoms with van der Waals surface area (Å²) in [5.74, 6) is 0.542. The predicted octanol–water partition coefficient (Wildman–Crippen LogP) is 3.50. The molecule has 0 aliphatic rings. The standard InChI is InChI=1S/C13H19NOS/c1-4-12(5-2)11-16(15,14-3)13-9-7-6-8-10-13/h4,6-10H,5,11H2,1-3H3/b12-4-/t16-/m0/s1. The van der Waals surface area contributed by atoms with E-state index < -0.39 is 9.73 Å². The van der Waals surface area contributed by atoms with E-state index in [4.69, 9.17) is 0 Å². The summed E-state index contributed by atoms with van der Waals surface area (Å²) >= 11 is 0. The molecule has 0 heterocycles. The Morgan fingerprint density at radius 1 is 1.38 bits per heavy atom. The summed E-state index contributed by atoms with van der Waals surface area (Å²) in [6, 6.07) is 9.51. The molecule has 3 heteroatoms. The third-order valence-corrected chi connectivity index (χ3v) is 5.01. The van der Waals surface area contributed by atoms with E-state index in [2.05, 4.69) is 11.3 Å². The highest BCUT2D eigenvalue weighted by atomic mass is 32.2. The van der Waals surface area contributed by atoms with E-state index in [-0.39, 0.29) is 0 Å². The number of allylic oxidation sites excluding steroid dienone is 1. The van der Waals surface area contributed by atoms with Crippen molar-refractivity contribution in [1.82, 2.24) is 0 Å². The van der Waals surface area contributed by atoms with Gasteiger partial charge in [-0.25, -0.2) is 8.57 Å². The normalized spacial score (nSPS) is 15.6. The fourth-order valence-corrected chi connectivity index (χ4v) is 3.49. The van der Waals surface area contributed by atoms with Crippen molar-refractivity contribution in [3.05, 3.63) is 42.0 Å². The van der Waals surface area contributed by atoms with Gasteiger partial charge in [-0.3, -0.25) is 0 Å². The lowest BCUT2D eigenvalue weighted by molar-refractivity contribution is 0.677. The Morgan fingerprint density at radius 2 is 2.00 bits per heavy atom. The summed E-state index contributed by atoms with van der Waals surface area (Å²) in [6.45, 7) is 4.06. The van der Waals surface area contributed by atoms with Gasteiger partial charge >= 0.3 is 0 Å². The van der Waals surface area contributed by atoms with E-state index in [1.807, 2.05) is 43.3 Å². The highest BCUT2D eigenvalue weighted by molar-refractivity contribution is 7.93. The molecule has 0 radical (unpaired) electrons. The largest absolute Gasteiger partial charge is 0.244 e. The average Bonchev–Trinajstić information content (AvgIpc) is 2.36. The van der Waals surface area contributed by atoms with Crippen LogP contribution in [0.15, 0.2) is 51.2 Å². The van der Waals surface area contributed by atoms with E-state index in [0.717, 1.165) is 11.3 Å². The zero-order valence-electron chi connectivity index (χ0n) is 10.1. The molecule has 0 spiro atoms. The molecular formula is C13H19NOS. The Morgan fingerprint density at radius 3 is 2.44 bits per heavy atom. The molecule has 1 rings (SSSR count). The van der Waals surface area contributed by atoms with Gasteiger partial charge in [-0.15, -0.1) is 0 Å². The maximum absolute atomic E-state index is 12.7. The van der Waals surface area contributed by atoms with Crippen molar-refractivity contribution in [2.24, 2.45) is 4.36 Å². The van der Waals surface area contributed by atoms with Crippen LogP contribution in [0.4, 0.5) is 0 Å². The fraction of sp³-hybridized carbons (Fsp3) is 0.385. The van der Waals surface area contributed by atoms with Gasteiger partial charge in [0.1, 0.15) is 0 Å². The van der Waals surface area contributed by atoms with Gasteiger partial charge < -0.3 is 0 Å². The van der Waals surface area contributed by atoms with Crippen LogP contribution >= 0.6 is 0 Å². The Kier molecular flexibility index (Phi) is 4.74. The Balaban J connectivity index is 3.11. The first-order chi connectivity index (χ1) is 7.66. The van der Waals surface area contributed by atoms with Gasteiger partial charge in [-0.05, 0) is 25.5 Å². The van der Waals surface area contributed by atoms with E-state index in [9.17, 15) is 4.21 Å². The smallest absolute Gasteiger partial charge is 0.0788 e. The topological polar surface area (TPSA) is 29.4 Å². The third-order valence-electron chi connectivity index (χ3n) is 2.65. The minimum Gasteiger partial charge on any atom is -0.244 e. The zero-order valence-corrected chi connectivity index (χ0v) is 11.0. The monoisotopic (exact) mass is 237 g/mol. The van der Waals surface area contributed by atoms with Crippen LogP contribution in [0.25, 0.3) is 0 Å². The lowest BCUT2D eigenvalue weighted by Gasteiger charge is -2.11. The first kappa shape index (κ1) is 13.0. The molecule has 0 aliphatic heterocycles. The van der Waals surface area contributed by atoms with Crippen molar-refractivity contribution in [2.45, 2.75) is 25.2 Å². The molecule has 16 heavy (non-hydrogen) atoms. The SMILES string of the molecule is C/C=C(/CC)C[S@@](=O)(=NC)c1ccccc1. The van der Waals surface area contributed by atoms with Crippen molar-refractivity contribution in [2.75, 3.05) is 12.8 Å². The lowest BCUT2D eigenvalue weighted by Crippen LogP contribution is -2.08. The first-order valence-electron chi connectivity index (χ1n) is 5.48. The summed E-state index contributed by atoms with van der Waals surface area (Å²) in [4.78, 5) is 0.824. The third kappa shape index (κ3) is 2.95. The summed E-state index contributed by atoms with van der Waals surface area (Å²) in [5.41, 5.74) is 1.19. The highest BCUT2D eigenvalue weighted by Crippen LogP contribution is 2.17. The number of rotatable bonds is 4. The van der Waals surface area contributed by atoms with Crippen molar-refractivity contribution < 1.29 is 4.21 Å². The second-order valence-corrected chi connectivity index (χ2v) is 5.99. The molecule has 0 aliphatic carbocycles. The first-order valence-corrected chi connectivity index (χ1v) is 7.16. The molecule has 0 fully saturated rings. The van der Waals surface area contributed by atoms with Crippen molar-refractivity contribution >= 4 is 9.73 Å². The molecule has 0 N–H and O–H groups in total. The summed E-state index contributed by atoms with van der Waals surface area (Å²) < 4.78 is 16.8. The molecule has 0 saturated carbocycles. The molecular weight excluding hydrogens is 218 g/mol. The minimum atomic E-state index is -2.27. The summed E-state index contributed by atoms with van der Waals surface area (Å²) in [7, 11) is -0.635. The van der Waals surface area contributed by atoms with Crippen molar-refractivity contribution in [1.29, 1.82) is 0 Å². The second kappa shape index (κ2) is 5.85. The van der Waals surface area contributed by atoms with Crippen LogP contribution in [0.1, 0.15) is 20.3 Å². The van der Waals surface area contributed by atoms with Gasteiger partial charge in [0, 0.05) is 11.9 Å². The van der Waals surface area contributed by atoms with Gasteiger partial charge in [0.25, 0.3) is 0 Å². The van der Waals surface area contributed by atoms with Crippen LogP contribution in [-0.4, -0.2) is 17.0 Å². The van der Waals surface area contributed by atoms with Gasteiger partial charge in [0.2, 0.25) is 0 Å². The molecule has 0 bridgehead atoms. The summed E-state index contributed by atoms with van der Waals surface area (Å²) in [5, 5.41) is 0. The number of hydrogen-bond acceptors (Lipinski definition) is 2. The van der Waals surface area contributed by atoms with Crippen molar-refractivity contribution in [3.8, 4) is 0 Å². The molecule has 1 aromatic carbocycles. The Bertz CT molecular complexity index is 468. The number of nitrogens with zero attached hydrogens (tertiary/aromatic N) is 1. The maximum atomic E-state index is 12.7. The Hall–Kier alpha value is -1.09. The maximum Gasteiger partial charge on any atom is 0.0788 e. The van der Waals surface area contributed by atoms with Crippen LogP contribution in [0, 0.1) is 0 Å². The molecule has 88 valence electrons. The molecule has 1 atom stereocenters. The van der Waals surface area contributed by atoms with Gasteiger partial charge in [-0.2, -0.15) is 0 Å². The molecule has 2 nitrogen and oxygen atoms in total. The van der Waals surface area contributed by atoms with Crippen LogP contribution in [-0.2, 0) is 9.73 Å². The van der Waals surface area contributed by atoms with Gasteiger partial charge in [0.05, 0.1) is 15.5 Å². The van der Waals surface area contributed by atoms with Gasteiger partial charge in [-0.1, -0.05) is 36.8 Å². The molecule has 0 amide bonds. The summed E-state index contributed by atoms with van der Waals surface area (Å²) in [6.07, 6.45) is 2.96. The van der Waals surface area contributed by atoms with Crippen LogP contribution in [0.3, 0.4) is 0 Å². The lowest BCUT2D eigenvalue weighted by atomic mass is 10.2. The number of benzene rings is 1. The number of hydrogen-bond donors (Lipinski definition) is 0. The van der Waals surface area contributed by atoms with Gasteiger partial charge in [0.15, 0.2) is 0 Å². The predicted molar refractivity (Wildman–Crippen MR) is 70.1 cm³/mol. The van der Waals surface area contributed by atoms with Crippen LogP contribution < -0.4 is 0 Å². The Labute approximate surface area is 98.6 Å². The fourth-order valence-electron chi connectivity index (χ4n) is 1.53. The van der Waals surface area contributed by atoms with E-state index in [1.54, 1.807) is 7.05 Å². The molecule has 1 aromatic rings. The van der Waals surface area contributed by atoms with E-state index in [1.165, 1.54) is 5.57 Å². The highest BCUT2D eigenvalue weighted by Gasteiger charge is 2.12. The molecule has 0 saturated heterocycles. The zero-order chi connectivity index (χ0) is 12.0. The van der Waals surface area contributed by atoms with E-state index >= 15 is 0 Å². The quantitative estimate of drug-likeness (QED) is 0.737. The van der Waals surface area contributed by atoms with E-state index in [0.29, 0.717) is 5.75 Å². The van der Waals surface area contributed by atoms with Crippen LogP contribution in [0.2, 0.25) is 0 Å². The average molecular weight is 237 g/mol. The van der Waals surface area contributed by atoms with Crippen LogP contribution in [0.5, 0.6) is 0 Å². The second-order valence-electron chi connectivity index (χ2n) is 3.58. The minimum absolute atomic E-state index is 0.542. The molecule has 0 unspecified atom stereocenters. The van der Waals surface area contributed by atoms with Crippen molar-refractivity contribution in [3.63, 3.8) is 0 Å².